The average Bonchev–Trinajstić information content (AvgIpc) is 2.75. The quantitative estimate of drug-likeness (QED) is 0.789. The molecule has 2 aromatic carbocycles. The van der Waals surface area contributed by atoms with Crippen LogP contribution in [0.15, 0.2) is 54.6 Å². The Labute approximate surface area is 172 Å². The highest BCUT2D eigenvalue weighted by Gasteiger charge is 2.22. The predicted octanol–water partition coefficient (Wildman–Crippen LogP) is 3.42. The van der Waals surface area contributed by atoms with Gasteiger partial charge in [0.2, 0.25) is 5.91 Å². The summed E-state index contributed by atoms with van der Waals surface area (Å²) in [4.78, 5) is 28.5. The lowest BCUT2D eigenvalue weighted by atomic mass is 10.1. The highest BCUT2D eigenvalue weighted by atomic mass is 16.2. The first-order chi connectivity index (χ1) is 14.0. The van der Waals surface area contributed by atoms with E-state index >= 15 is 0 Å². The van der Waals surface area contributed by atoms with E-state index in [1.807, 2.05) is 49.4 Å². The molecule has 0 saturated carbocycles. The minimum Gasteiger partial charge on any atom is -0.353 e. The largest absolute Gasteiger partial charge is 0.353 e. The molecule has 6 heteroatoms. The van der Waals surface area contributed by atoms with E-state index in [0.717, 1.165) is 23.2 Å². The Hall–Kier alpha value is -2.86. The van der Waals surface area contributed by atoms with Crippen molar-refractivity contribution >= 4 is 17.6 Å². The molecule has 154 valence electrons. The normalized spacial score (nSPS) is 15.6. The molecule has 1 atom stereocenters. The van der Waals surface area contributed by atoms with E-state index < -0.39 is 0 Å². The summed E-state index contributed by atoms with van der Waals surface area (Å²) < 4.78 is 0. The van der Waals surface area contributed by atoms with Gasteiger partial charge in [0.15, 0.2) is 0 Å². The van der Waals surface area contributed by atoms with Crippen LogP contribution in [0.2, 0.25) is 0 Å². The molecule has 29 heavy (non-hydrogen) atoms. The molecule has 3 amide bonds. The van der Waals surface area contributed by atoms with Crippen molar-refractivity contribution < 1.29 is 9.59 Å². The van der Waals surface area contributed by atoms with Crippen molar-refractivity contribution in [3.05, 3.63) is 54.6 Å². The van der Waals surface area contributed by atoms with E-state index in [2.05, 4.69) is 34.6 Å². The standard InChI is InChI=1S/C23H30N4O2/c1-3-18(2)24-22(28)17-26-13-15-27(16-14-26)23(29)25-21-11-9-20(10-12-21)19-7-5-4-6-8-19/h4-12,18H,3,13-17H2,1-2H3,(H,24,28)(H,25,29)/t18-/m0/s1. The number of nitrogens with one attached hydrogen (secondary N) is 2. The SMILES string of the molecule is CC[C@H](C)NC(=O)CN1CCN(C(=O)Nc2ccc(-c3ccccc3)cc2)CC1. The molecule has 0 unspecified atom stereocenters. The van der Waals surface area contributed by atoms with E-state index in [4.69, 9.17) is 0 Å². The van der Waals surface area contributed by atoms with E-state index in [0.29, 0.717) is 32.7 Å². The minimum atomic E-state index is -0.0961. The monoisotopic (exact) mass is 394 g/mol. The zero-order valence-electron chi connectivity index (χ0n) is 17.2. The number of hydrogen-bond acceptors (Lipinski definition) is 3. The van der Waals surface area contributed by atoms with Gasteiger partial charge in [-0.2, -0.15) is 0 Å². The summed E-state index contributed by atoms with van der Waals surface area (Å²) in [6, 6.07) is 18.1. The molecule has 1 fully saturated rings. The second-order valence-corrected chi connectivity index (χ2v) is 7.51. The van der Waals surface area contributed by atoms with E-state index in [-0.39, 0.29) is 18.0 Å². The third kappa shape index (κ3) is 6.06. The van der Waals surface area contributed by atoms with Crippen LogP contribution in [-0.4, -0.2) is 60.5 Å². The third-order valence-electron chi connectivity index (χ3n) is 5.29. The van der Waals surface area contributed by atoms with Crippen LogP contribution in [0.4, 0.5) is 10.5 Å². The number of hydrogen-bond donors (Lipinski definition) is 2. The second-order valence-electron chi connectivity index (χ2n) is 7.51. The van der Waals surface area contributed by atoms with Gasteiger partial charge in [0.1, 0.15) is 0 Å². The van der Waals surface area contributed by atoms with Crippen molar-refractivity contribution in [3.63, 3.8) is 0 Å². The van der Waals surface area contributed by atoms with Gasteiger partial charge in [-0.1, -0.05) is 49.4 Å². The van der Waals surface area contributed by atoms with E-state index in [1.165, 1.54) is 0 Å². The molecule has 2 aromatic rings. The molecule has 1 aliphatic heterocycles. The van der Waals surface area contributed by atoms with Crippen molar-refractivity contribution in [1.82, 2.24) is 15.1 Å². The second kappa shape index (κ2) is 10.1. The Balaban J connectivity index is 1.45. The Bertz CT molecular complexity index is 799. The summed E-state index contributed by atoms with van der Waals surface area (Å²) in [5.74, 6) is 0.0516. The summed E-state index contributed by atoms with van der Waals surface area (Å²) in [6.45, 7) is 7.09. The molecule has 0 spiro atoms. The van der Waals surface area contributed by atoms with Gasteiger partial charge in [-0.25, -0.2) is 4.79 Å². The fraction of sp³-hybridized carbons (Fsp3) is 0.391. The van der Waals surface area contributed by atoms with Crippen LogP contribution in [0.3, 0.4) is 0 Å². The Morgan fingerprint density at radius 2 is 1.55 bits per heavy atom. The van der Waals surface area contributed by atoms with Gasteiger partial charge in [-0.15, -0.1) is 0 Å². The molecule has 0 bridgehead atoms. The smallest absolute Gasteiger partial charge is 0.321 e. The molecule has 1 saturated heterocycles. The lowest BCUT2D eigenvalue weighted by Gasteiger charge is -2.34. The van der Waals surface area contributed by atoms with E-state index in [1.54, 1.807) is 4.90 Å². The molecule has 0 radical (unpaired) electrons. The molecule has 3 rings (SSSR count). The van der Waals surface area contributed by atoms with Crippen LogP contribution in [-0.2, 0) is 4.79 Å². The number of amides is 3. The highest BCUT2D eigenvalue weighted by Crippen LogP contribution is 2.21. The molecule has 6 nitrogen and oxygen atoms in total. The first kappa shape index (κ1) is 20.9. The molecule has 0 aliphatic carbocycles. The Kier molecular flexibility index (Phi) is 7.25. The lowest BCUT2D eigenvalue weighted by Crippen LogP contribution is -2.52. The van der Waals surface area contributed by atoms with Gasteiger partial charge in [-0.3, -0.25) is 9.69 Å². The van der Waals surface area contributed by atoms with Gasteiger partial charge in [0.05, 0.1) is 6.54 Å². The molecule has 2 N–H and O–H groups in total. The van der Waals surface area contributed by atoms with Crippen molar-refractivity contribution in [1.29, 1.82) is 0 Å². The number of carbonyl (C=O) groups is 2. The Morgan fingerprint density at radius 1 is 0.931 bits per heavy atom. The minimum absolute atomic E-state index is 0.0516. The predicted molar refractivity (Wildman–Crippen MR) is 117 cm³/mol. The summed E-state index contributed by atoms with van der Waals surface area (Å²) in [6.07, 6.45) is 0.923. The molecular weight excluding hydrogens is 364 g/mol. The molecule has 1 aliphatic rings. The van der Waals surface area contributed by atoms with Crippen molar-refractivity contribution in [2.24, 2.45) is 0 Å². The molecule has 1 heterocycles. The number of nitrogens with zero attached hydrogens (tertiary/aromatic N) is 2. The van der Waals surface area contributed by atoms with E-state index in [9.17, 15) is 9.59 Å². The van der Waals surface area contributed by atoms with Gasteiger partial charge in [0, 0.05) is 37.9 Å². The maximum Gasteiger partial charge on any atom is 0.321 e. The summed E-state index contributed by atoms with van der Waals surface area (Å²) in [5, 5.41) is 5.96. The first-order valence-electron chi connectivity index (χ1n) is 10.3. The van der Waals surface area contributed by atoms with Crippen molar-refractivity contribution in [2.45, 2.75) is 26.3 Å². The Morgan fingerprint density at radius 3 is 2.17 bits per heavy atom. The number of piperazine rings is 1. The highest BCUT2D eigenvalue weighted by molar-refractivity contribution is 5.89. The van der Waals surface area contributed by atoms with Crippen molar-refractivity contribution in [2.75, 3.05) is 38.0 Å². The van der Waals surface area contributed by atoms with Gasteiger partial charge in [-0.05, 0) is 36.6 Å². The number of carbonyl (C=O) groups excluding carboxylic acids is 2. The zero-order valence-corrected chi connectivity index (χ0v) is 17.2. The lowest BCUT2D eigenvalue weighted by molar-refractivity contribution is -0.123. The van der Waals surface area contributed by atoms with Gasteiger partial charge >= 0.3 is 6.03 Å². The fourth-order valence-corrected chi connectivity index (χ4v) is 3.31. The van der Waals surface area contributed by atoms with Crippen LogP contribution in [0, 0.1) is 0 Å². The summed E-state index contributed by atoms with van der Waals surface area (Å²) in [7, 11) is 0. The molecular formula is C23H30N4O2. The average molecular weight is 395 g/mol. The van der Waals surface area contributed by atoms with Crippen molar-refractivity contribution in [3.8, 4) is 11.1 Å². The van der Waals surface area contributed by atoms with Crippen LogP contribution >= 0.6 is 0 Å². The summed E-state index contributed by atoms with van der Waals surface area (Å²) >= 11 is 0. The third-order valence-corrected chi connectivity index (χ3v) is 5.29. The maximum atomic E-state index is 12.6. The molecule has 0 aromatic heterocycles. The fourth-order valence-electron chi connectivity index (χ4n) is 3.31. The zero-order chi connectivity index (χ0) is 20.6. The van der Waals surface area contributed by atoms with Gasteiger partial charge in [0.25, 0.3) is 0 Å². The number of rotatable bonds is 6. The van der Waals surface area contributed by atoms with Gasteiger partial charge < -0.3 is 15.5 Å². The summed E-state index contributed by atoms with van der Waals surface area (Å²) in [5.41, 5.74) is 3.05. The first-order valence-corrected chi connectivity index (χ1v) is 10.3. The topological polar surface area (TPSA) is 64.7 Å². The van der Waals surface area contributed by atoms with Crippen LogP contribution < -0.4 is 10.6 Å². The van der Waals surface area contributed by atoms with Crippen LogP contribution in [0.1, 0.15) is 20.3 Å². The number of anilines is 1. The van der Waals surface area contributed by atoms with Crippen LogP contribution in [0.25, 0.3) is 11.1 Å². The maximum absolute atomic E-state index is 12.6. The van der Waals surface area contributed by atoms with Crippen LogP contribution in [0.5, 0.6) is 0 Å². The number of benzene rings is 2. The number of urea groups is 1.